The van der Waals surface area contributed by atoms with Gasteiger partial charge < -0.3 is 24.2 Å². The van der Waals surface area contributed by atoms with Crippen molar-refractivity contribution in [1.82, 2.24) is 19.8 Å². The number of hydrogen-bond donors (Lipinski definition) is 0. The van der Waals surface area contributed by atoms with Crippen LogP contribution in [-0.2, 0) is 4.74 Å². The number of anilines is 1. The van der Waals surface area contributed by atoms with Crippen molar-refractivity contribution < 1.29 is 14.3 Å². The highest BCUT2D eigenvalue weighted by atomic mass is 79.9. The molecule has 2 aliphatic heterocycles. The van der Waals surface area contributed by atoms with Crippen molar-refractivity contribution in [3.63, 3.8) is 0 Å². The molecule has 10 heteroatoms. The van der Waals surface area contributed by atoms with Crippen LogP contribution in [0.1, 0.15) is 40.0 Å². The highest BCUT2D eigenvalue weighted by Crippen LogP contribution is 2.31. The van der Waals surface area contributed by atoms with Crippen LogP contribution in [0.2, 0.25) is 0 Å². The maximum Gasteiger partial charge on any atom is 0.410 e. The van der Waals surface area contributed by atoms with E-state index in [0.29, 0.717) is 38.3 Å². The van der Waals surface area contributed by atoms with Crippen LogP contribution < -0.4 is 9.64 Å². The van der Waals surface area contributed by atoms with Crippen molar-refractivity contribution in [1.29, 1.82) is 5.26 Å². The molecule has 2 unspecified atom stereocenters. The molecular formula is C25H33BrN6O3. The lowest BCUT2D eigenvalue weighted by molar-refractivity contribution is 0.0145. The third-order valence-corrected chi connectivity index (χ3v) is 6.93. The largest absolute Gasteiger partial charge is 0.462 e. The van der Waals surface area contributed by atoms with E-state index in [2.05, 4.69) is 43.8 Å². The zero-order valence-electron chi connectivity index (χ0n) is 20.8. The smallest absolute Gasteiger partial charge is 0.410 e. The number of ether oxygens (including phenoxy) is 2. The van der Waals surface area contributed by atoms with Crippen molar-refractivity contribution in [2.45, 2.75) is 57.7 Å². The molecule has 0 N–H and O–H groups in total. The molecule has 2 aromatic rings. The van der Waals surface area contributed by atoms with Gasteiger partial charge in [0.25, 0.3) is 0 Å². The van der Waals surface area contributed by atoms with Crippen LogP contribution in [0.3, 0.4) is 0 Å². The summed E-state index contributed by atoms with van der Waals surface area (Å²) < 4.78 is 12.6. The number of carbonyl (C=O) groups is 1. The summed E-state index contributed by atoms with van der Waals surface area (Å²) in [7, 11) is 2.12. The van der Waals surface area contributed by atoms with Gasteiger partial charge in [-0.05, 0) is 65.4 Å². The minimum absolute atomic E-state index is 0.210. The van der Waals surface area contributed by atoms with E-state index in [1.165, 1.54) is 6.42 Å². The van der Waals surface area contributed by atoms with Crippen LogP contribution in [0, 0.1) is 11.3 Å². The first-order valence-corrected chi connectivity index (χ1v) is 12.9. The molecule has 1 aromatic carbocycles. The molecular weight excluding hydrogens is 512 g/mol. The van der Waals surface area contributed by atoms with Crippen LogP contribution in [0.4, 0.5) is 10.6 Å². The van der Waals surface area contributed by atoms with E-state index < -0.39 is 11.7 Å². The lowest BCUT2D eigenvalue weighted by Gasteiger charge is -2.41. The van der Waals surface area contributed by atoms with Crippen LogP contribution in [0.15, 0.2) is 22.7 Å². The molecule has 0 spiro atoms. The van der Waals surface area contributed by atoms with Gasteiger partial charge in [0.15, 0.2) is 0 Å². The monoisotopic (exact) mass is 544 g/mol. The number of aromatic nitrogens is 2. The number of benzene rings is 1. The van der Waals surface area contributed by atoms with Crippen molar-refractivity contribution >= 4 is 38.7 Å². The highest BCUT2D eigenvalue weighted by molar-refractivity contribution is 9.10. The van der Waals surface area contributed by atoms with Gasteiger partial charge in [-0.1, -0.05) is 15.9 Å². The number of nitriles is 1. The van der Waals surface area contributed by atoms with E-state index in [4.69, 9.17) is 14.5 Å². The van der Waals surface area contributed by atoms with Gasteiger partial charge in [-0.3, -0.25) is 0 Å². The van der Waals surface area contributed by atoms with Crippen LogP contribution in [0.25, 0.3) is 10.9 Å². The fourth-order valence-electron chi connectivity index (χ4n) is 4.62. The van der Waals surface area contributed by atoms with Gasteiger partial charge in [0.1, 0.15) is 18.0 Å². The third-order valence-electron chi connectivity index (χ3n) is 6.43. The normalized spacial score (nSPS) is 21.3. The van der Waals surface area contributed by atoms with Crippen molar-refractivity contribution in [2.75, 3.05) is 44.7 Å². The number of carbonyl (C=O) groups excluding carboxylic acids is 1. The maximum absolute atomic E-state index is 12.8. The molecule has 2 aliphatic rings. The fraction of sp³-hybridized carbons (Fsp3) is 0.600. The summed E-state index contributed by atoms with van der Waals surface area (Å²) in [4.78, 5) is 28.4. The van der Waals surface area contributed by atoms with Crippen molar-refractivity contribution in [3.05, 3.63) is 22.7 Å². The molecule has 3 heterocycles. The van der Waals surface area contributed by atoms with E-state index in [0.717, 1.165) is 34.2 Å². The summed E-state index contributed by atoms with van der Waals surface area (Å²) in [5.74, 6) is 0.754. The second-order valence-corrected chi connectivity index (χ2v) is 11.1. The van der Waals surface area contributed by atoms with Gasteiger partial charge in [-0.15, -0.1) is 0 Å². The minimum atomic E-state index is -0.596. The van der Waals surface area contributed by atoms with E-state index in [9.17, 15) is 10.1 Å². The standard InChI is InChI=1S/C25H33BrN6O3/c1-25(2,3)35-24(33)32-13-12-31(15-18(32)9-10-27)22-20-8-7-17(26)14-21(20)28-23(29-22)34-16-19-6-5-11-30(19)4/h7-8,14,18-19H,5-6,9,11-13,15-16H2,1-4H3. The number of piperazine rings is 1. The van der Waals surface area contributed by atoms with Gasteiger partial charge in [0.05, 0.1) is 24.0 Å². The first kappa shape index (κ1) is 25.5. The van der Waals surface area contributed by atoms with E-state index in [-0.39, 0.29) is 12.5 Å². The number of hydrogen-bond acceptors (Lipinski definition) is 8. The van der Waals surface area contributed by atoms with Crippen molar-refractivity contribution in [2.24, 2.45) is 0 Å². The van der Waals surface area contributed by atoms with E-state index in [1.807, 2.05) is 39.0 Å². The second kappa shape index (κ2) is 10.5. The number of likely N-dealkylation sites (tertiary alicyclic amines) is 1. The van der Waals surface area contributed by atoms with Crippen LogP contribution in [0.5, 0.6) is 6.01 Å². The summed E-state index contributed by atoms with van der Waals surface area (Å²) in [5, 5.41) is 10.3. The van der Waals surface area contributed by atoms with E-state index in [1.54, 1.807) is 4.90 Å². The number of nitrogens with zero attached hydrogens (tertiary/aromatic N) is 6. The van der Waals surface area contributed by atoms with Gasteiger partial charge >= 0.3 is 12.1 Å². The van der Waals surface area contributed by atoms with Gasteiger partial charge in [0, 0.05) is 35.5 Å². The first-order valence-electron chi connectivity index (χ1n) is 12.1. The predicted molar refractivity (Wildman–Crippen MR) is 138 cm³/mol. The molecule has 2 atom stereocenters. The molecule has 4 rings (SSSR count). The fourth-order valence-corrected chi connectivity index (χ4v) is 4.97. The lowest BCUT2D eigenvalue weighted by Crippen LogP contribution is -2.56. The number of halogens is 1. The number of amides is 1. The highest BCUT2D eigenvalue weighted by Gasteiger charge is 2.34. The minimum Gasteiger partial charge on any atom is -0.462 e. The Bertz CT molecular complexity index is 1110. The Kier molecular flexibility index (Phi) is 7.67. The molecule has 0 bridgehead atoms. The average molecular weight is 545 g/mol. The molecule has 2 fully saturated rings. The Morgan fingerprint density at radius 1 is 1.23 bits per heavy atom. The van der Waals surface area contributed by atoms with Crippen molar-refractivity contribution in [3.8, 4) is 12.1 Å². The molecule has 1 amide bonds. The third kappa shape index (κ3) is 6.14. The predicted octanol–water partition coefficient (Wildman–Crippen LogP) is 4.20. The molecule has 35 heavy (non-hydrogen) atoms. The topological polar surface area (TPSA) is 94.8 Å². The quantitative estimate of drug-likeness (QED) is 0.552. The molecule has 0 radical (unpaired) electrons. The molecule has 1 aromatic heterocycles. The number of rotatable bonds is 5. The summed E-state index contributed by atoms with van der Waals surface area (Å²) in [5.41, 5.74) is 0.187. The van der Waals surface area contributed by atoms with Gasteiger partial charge in [0.2, 0.25) is 0 Å². The summed E-state index contributed by atoms with van der Waals surface area (Å²) >= 11 is 3.54. The Hall–Kier alpha value is -2.64. The number of likely N-dealkylation sites (N-methyl/N-ethyl adjacent to an activating group) is 1. The molecule has 9 nitrogen and oxygen atoms in total. The zero-order valence-corrected chi connectivity index (χ0v) is 22.4. The average Bonchev–Trinajstić information content (AvgIpc) is 3.20. The lowest BCUT2D eigenvalue weighted by atomic mass is 10.1. The SMILES string of the molecule is CN1CCCC1COc1nc(N2CCN(C(=O)OC(C)(C)C)C(CC#N)C2)c2ccc(Br)cc2n1. The van der Waals surface area contributed by atoms with Crippen LogP contribution >= 0.6 is 15.9 Å². The first-order chi connectivity index (χ1) is 16.6. The summed E-state index contributed by atoms with van der Waals surface area (Å²) in [6.45, 7) is 8.62. The molecule has 0 saturated carbocycles. The molecule has 188 valence electrons. The Morgan fingerprint density at radius 2 is 2.03 bits per heavy atom. The van der Waals surface area contributed by atoms with Crippen LogP contribution in [-0.4, -0.2) is 83.4 Å². The summed E-state index contributed by atoms with van der Waals surface area (Å²) in [6, 6.07) is 8.53. The Balaban J connectivity index is 1.60. The Morgan fingerprint density at radius 3 is 2.71 bits per heavy atom. The van der Waals surface area contributed by atoms with Gasteiger partial charge in [-0.25, -0.2) is 4.79 Å². The zero-order chi connectivity index (χ0) is 25.2. The van der Waals surface area contributed by atoms with Gasteiger partial charge in [-0.2, -0.15) is 15.2 Å². The summed E-state index contributed by atoms with van der Waals surface area (Å²) in [6.07, 6.45) is 2.09. The second-order valence-electron chi connectivity index (χ2n) is 10.2. The Labute approximate surface area is 215 Å². The maximum atomic E-state index is 12.8. The molecule has 2 saturated heterocycles. The molecule has 0 aliphatic carbocycles. The van der Waals surface area contributed by atoms with E-state index >= 15 is 0 Å². The number of fused-ring (bicyclic) bond motifs is 1.